The van der Waals surface area contributed by atoms with E-state index in [-0.39, 0.29) is 18.2 Å². The molecule has 2 fully saturated rings. The van der Waals surface area contributed by atoms with E-state index in [0.717, 1.165) is 61.4 Å². The third-order valence-corrected chi connectivity index (χ3v) is 6.73. The molecule has 2 aromatic rings. The van der Waals surface area contributed by atoms with Crippen LogP contribution in [0.3, 0.4) is 0 Å². The highest BCUT2D eigenvalue weighted by atomic mass is 35.5. The predicted octanol–water partition coefficient (Wildman–Crippen LogP) is 5.32. The zero-order valence-corrected chi connectivity index (χ0v) is 21.5. The predicted molar refractivity (Wildman–Crippen MR) is 139 cm³/mol. The SMILES string of the molecule is CC(C)(C)OC(=O)N1CCC(Nc2cccc(-c3cc(NC4CCC(O)CC4)ncc3Cl)n2)CC1. The molecule has 0 spiro atoms. The van der Waals surface area contributed by atoms with Gasteiger partial charge >= 0.3 is 6.09 Å². The van der Waals surface area contributed by atoms with Crippen molar-refractivity contribution in [2.45, 2.75) is 83.1 Å². The molecule has 1 aliphatic heterocycles. The number of amides is 1. The number of carbonyl (C=O) groups excluding carboxylic acids is 1. The van der Waals surface area contributed by atoms with E-state index >= 15 is 0 Å². The number of nitrogens with zero attached hydrogens (tertiary/aromatic N) is 3. The fourth-order valence-electron chi connectivity index (χ4n) is 4.55. The maximum Gasteiger partial charge on any atom is 0.410 e. The second-order valence-corrected chi connectivity index (χ2v) is 10.9. The molecule has 1 saturated carbocycles. The Kier molecular flexibility index (Phi) is 8.02. The van der Waals surface area contributed by atoms with Gasteiger partial charge in [-0.05, 0) is 77.5 Å². The minimum atomic E-state index is -0.487. The van der Waals surface area contributed by atoms with Crippen molar-refractivity contribution < 1.29 is 14.6 Å². The van der Waals surface area contributed by atoms with Gasteiger partial charge in [0.1, 0.15) is 17.2 Å². The molecule has 4 rings (SSSR count). The largest absolute Gasteiger partial charge is 0.444 e. The average Bonchev–Trinajstić information content (AvgIpc) is 2.81. The highest BCUT2D eigenvalue weighted by molar-refractivity contribution is 6.33. The maximum atomic E-state index is 12.3. The van der Waals surface area contributed by atoms with E-state index in [1.54, 1.807) is 11.1 Å². The third kappa shape index (κ3) is 7.21. The van der Waals surface area contributed by atoms with E-state index in [9.17, 15) is 9.90 Å². The lowest BCUT2D eigenvalue weighted by Crippen LogP contribution is -2.44. The Balaban J connectivity index is 1.37. The Morgan fingerprint density at radius 1 is 1.06 bits per heavy atom. The van der Waals surface area contributed by atoms with Gasteiger partial charge in [-0.3, -0.25) is 0 Å². The van der Waals surface area contributed by atoms with Crippen molar-refractivity contribution in [2.24, 2.45) is 0 Å². The van der Waals surface area contributed by atoms with Gasteiger partial charge in [-0.2, -0.15) is 0 Å². The zero-order chi connectivity index (χ0) is 25.0. The van der Waals surface area contributed by atoms with Gasteiger partial charge in [0.15, 0.2) is 0 Å². The fourth-order valence-corrected chi connectivity index (χ4v) is 4.75. The number of hydrogen-bond acceptors (Lipinski definition) is 7. The first kappa shape index (κ1) is 25.5. The molecular weight excluding hydrogens is 466 g/mol. The summed E-state index contributed by atoms with van der Waals surface area (Å²) in [5.41, 5.74) is 1.11. The smallest absolute Gasteiger partial charge is 0.410 e. The van der Waals surface area contributed by atoms with Gasteiger partial charge in [-0.1, -0.05) is 17.7 Å². The van der Waals surface area contributed by atoms with Crippen molar-refractivity contribution >= 4 is 29.3 Å². The van der Waals surface area contributed by atoms with Crippen LogP contribution in [0.25, 0.3) is 11.3 Å². The Morgan fingerprint density at radius 2 is 1.71 bits per heavy atom. The first-order valence-corrected chi connectivity index (χ1v) is 12.9. The summed E-state index contributed by atoms with van der Waals surface area (Å²) in [6.45, 7) is 6.94. The molecule has 35 heavy (non-hydrogen) atoms. The number of aromatic nitrogens is 2. The van der Waals surface area contributed by atoms with E-state index in [2.05, 4.69) is 15.6 Å². The summed E-state index contributed by atoms with van der Waals surface area (Å²) in [7, 11) is 0. The Hall–Kier alpha value is -2.58. The summed E-state index contributed by atoms with van der Waals surface area (Å²) in [6.07, 6.45) is 6.33. The lowest BCUT2D eigenvalue weighted by atomic mass is 9.93. The molecule has 3 heterocycles. The summed E-state index contributed by atoms with van der Waals surface area (Å²) in [5.74, 6) is 1.54. The van der Waals surface area contributed by atoms with Crippen LogP contribution in [0.15, 0.2) is 30.5 Å². The number of nitrogens with one attached hydrogen (secondary N) is 2. The van der Waals surface area contributed by atoms with Crippen molar-refractivity contribution in [1.82, 2.24) is 14.9 Å². The van der Waals surface area contributed by atoms with Crippen LogP contribution in [-0.4, -0.2) is 62.9 Å². The Labute approximate surface area is 212 Å². The van der Waals surface area contributed by atoms with Gasteiger partial charge in [0.25, 0.3) is 0 Å². The van der Waals surface area contributed by atoms with Gasteiger partial charge in [0.05, 0.1) is 16.8 Å². The van der Waals surface area contributed by atoms with Crippen LogP contribution >= 0.6 is 11.6 Å². The third-order valence-electron chi connectivity index (χ3n) is 6.43. The molecule has 2 aliphatic rings. The number of halogens is 1. The molecule has 0 unspecified atom stereocenters. The van der Waals surface area contributed by atoms with E-state index < -0.39 is 5.60 Å². The van der Waals surface area contributed by atoms with E-state index in [1.165, 1.54) is 0 Å². The normalized spacial score (nSPS) is 21.5. The molecule has 1 saturated heterocycles. The van der Waals surface area contributed by atoms with Gasteiger partial charge in [0.2, 0.25) is 0 Å². The second-order valence-electron chi connectivity index (χ2n) is 10.5. The van der Waals surface area contributed by atoms with E-state index in [1.807, 2.05) is 45.0 Å². The van der Waals surface area contributed by atoms with Crippen molar-refractivity contribution in [3.8, 4) is 11.3 Å². The van der Waals surface area contributed by atoms with Crippen molar-refractivity contribution in [1.29, 1.82) is 0 Å². The maximum absolute atomic E-state index is 12.3. The monoisotopic (exact) mass is 501 g/mol. The molecule has 0 radical (unpaired) electrons. The highest BCUT2D eigenvalue weighted by Gasteiger charge is 2.27. The first-order valence-electron chi connectivity index (χ1n) is 12.5. The first-order chi connectivity index (χ1) is 16.7. The number of aliphatic hydroxyl groups is 1. The van der Waals surface area contributed by atoms with Crippen LogP contribution in [0.5, 0.6) is 0 Å². The number of hydrogen-bond donors (Lipinski definition) is 3. The van der Waals surface area contributed by atoms with E-state index in [4.69, 9.17) is 21.3 Å². The molecule has 8 nitrogen and oxygen atoms in total. The Morgan fingerprint density at radius 3 is 2.40 bits per heavy atom. The van der Waals surface area contributed by atoms with Gasteiger partial charge in [0, 0.05) is 36.9 Å². The van der Waals surface area contributed by atoms with E-state index in [0.29, 0.717) is 24.2 Å². The fraction of sp³-hybridized carbons (Fsp3) is 0.577. The topological polar surface area (TPSA) is 99.6 Å². The summed E-state index contributed by atoms with van der Waals surface area (Å²) in [4.78, 5) is 23.3. The number of rotatable bonds is 5. The molecule has 1 amide bonds. The number of pyridine rings is 2. The number of ether oxygens (including phenoxy) is 1. The van der Waals surface area contributed by atoms with Gasteiger partial charge < -0.3 is 25.4 Å². The standard InChI is InChI=1S/C26H36ClN5O3/c1-26(2,3)35-25(34)32-13-11-18(12-14-32)29-23-6-4-5-22(31-23)20-15-24(28-16-21(20)27)30-17-7-9-19(33)10-8-17/h4-6,15-19,33H,7-14H2,1-3H3,(H,28,30)(H,29,31). The quantitative estimate of drug-likeness (QED) is 0.509. The van der Waals surface area contributed by atoms with Crippen molar-refractivity contribution in [3.63, 3.8) is 0 Å². The number of carbonyl (C=O) groups is 1. The molecule has 0 atom stereocenters. The number of aliphatic hydroxyl groups excluding tert-OH is 1. The van der Waals surface area contributed by atoms with Gasteiger partial charge in [-0.25, -0.2) is 14.8 Å². The van der Waals surface area contributed by atoms with Gasteiger partial charge in [-0.15, -0.1) is 0 Å². The molecule has 2 aromatic heterocycles. The second kappa shape index (κ2) is 11.0. The summed E-state index contributed by atoms with van der Waals surface area (Å²) in [6, 6.07) is 8.32. The summed E-state index contributed by atoms with van der Waals surface area (Å²) in [5, 5.41) is 17.3. The van der Waals surface area contributed by atoms with Crippen LogP contribution in [0.4, 0.5) is 16.4 Å². The number of anilines is 2. The van der Waals surface area contributed by atoms with Crippen molar-refractivity contribution in [2.75, 3.05) is 23.7 Å². The van der Waals surface area contributed by atoms with Crippen LogP contribution in [0.2, 0.25) is 5.02 Å². The van der Waals surface area contributed by atoms with Crippen molar-refractivity contribution in [3.05, 3.63) is 35.5 Å². The molecule has 3 N–H and O–H groups in total. The number of likely N-dealkylation sites (tertiary alicyclic amines) is 1. The zero-order valence-electron chi connectivity index (χ0n) is 20.8. The molecule has 0 bridgehead atoms. The Bertz CT molecular complexity index is 1010. The van der Waals surface area contributed by atoms with Crippen LogP contribution in [0.1, 0.15) is 59.3 Å². The molecule has 9 heteroatoms. The minimum absolute atomic E-state index is 0.189. The molecule has 0 aromatic carbocycles. The average molecular weight is 502 g/mol. The van der Waals surface area contributed by atoms with Crippen LogP contribution in [-0.2, 0) is 4.74 Å². The molecular formula is C26H36ClN5O3. The lowest BCUT2D eigenvalue weighted by Gasteiger charge is -2.34. The van der Waals surface area contributed by atoms with Crippen LogP contribution in [0, 0.1) is 0 Å². The minimum Gasteiger partial charge on any atom is -0.444 e. The number of piperidine rings is 1. The molecule has 1 aliphatic carbocycles. The van der Waals surface area contributed by atoms with Crippen LogP contribution < -0.4 is 10.6 Å². The summed E-state index contributed by atoms with van der Waals surface area (Å²) >= 11 is 6.50. The summed E-state index contributed by atoms with van der Waals surface area (Å²) < 4.78 is 5.49. The lowest BCUT2D eigenvalue weighted by molar-refractivity contribution is 0.0210. The molecule has 190 valence electrons. The highest BCUT2D eigenvalue weighted by Crippen LogP contribution is 2.30.